The van der Waals surface area contributed by atoms with Crippen LogP contribution >= 0.6 is 11.8 Å². The monoisotopic (exact) mass is 357 g/mol. The molecule has 0 aliphatic heterocycles. The van der Waals surface area contributed by atoms with Crippen molar-refractivity contribution in [3.8, 4) is 0 Å². The van der Waals surface area contributed by atoms with Crippen molar-refractivity contribution in [2.24, 2.45) is 5.92 Å². The number of nitrogens with one attached hydrogen (secondary N) is 2. The number of thioether (sulfide) groups is 1. The molecule has 0 radical (unpaired) electrons. The smallest absolute Gasteiger partial charge is 0.247 e. The van der Waals surface area contributed by atoms with Crippen molar-refractivity contribution in [3.05, 3.63) is 54.4 Å². The van der Waals surface area contributed by atoms with Gasteiger partial charge in [0.05, 0.1) is 0 Å². The van der Waals surface area contributed by atoms with Crippen LogP contribution in [0.4, 0.5) is 5.69 Å². The zero-order chi connectivity index (χ0) is 18.2. The van der Waals surface area contributed by atoms with Gasteiger partial charge in [0, 0.05) is 35.7 Å². The molecule has 0 spiro atoms. The van der Waals surface area contributed by atoms with Crippen LogP contribution in [-0.2, 0) is 15.3 Å². The molecule has 5 nitrogen and oxygen atoms in total. The number of pyridine rings is 1. The van der Waals surface area contributed by atoms with Crippen LogP contribution in [0.15, 0.2) is 53.7 Å². The molecule has 2 aromatic rings. The first-order chi connectivity index (χ1) is 12.0. The second-order valence-corrected chi connectivity index (χ2v) is 7.13. The van der Waals surface area contributed by atoms with Gasteiger partial charge in [-0.1, -0.05) is 19.9 Å². The molecule has 2 amide bonds. The Hall–Kier alpha value is -2.34. The van der Waals surface area contributed by atoms with E-state index < -0.39 is 6.04 Å². The molecule has 0 saturated carbocycles. The Morgan fingerprint density at radius 1 is 1.16 bits per heavy atom. The first kappa shape index (κ1) is 19.0. The summed E-state index contributed by atoms with van der Waals surface area (Å²) in [4.78, 5) is 28.8. The van der Waals surface area contributed by atoms with E-state index in [1.165, 1.54) is 12.5 Å². The maximum Gasteiger partial charge on any atom is 0.247 e. The number of anilines is 1. The second-order valence-electron chi connectivity index (χ2n) is 6.09. The Morgan fingerprint density at radius 3 is 2.44 bits per heavy atom. The molecule has 0 aliphatic rings. The minimum atomic E-state index is -0.544. The van der Waals surface area contributed by atoms with Crippen molar-refractivity contribution in [1.82, 2.24) is 10.3 Å². The van der Waals surface area contributed by atoms with Crippen molar-refractivity contribution in [1.29, 1.82) is 0 Å². The Kier molecular flexibility index (Phi) is 7.01. The maximum atomic E-state index is 12.3. The normalized spacial score (nSPS) is 11.8. The number of amides is 2. The third-order valence-electron chi connectivity index (χ3n) is 3.56. The lowest BCUT2D eigenvalue weighted by Gasteiger charge is -2.21. The van der Waals surface area contributed by atoms with Crippen LogP contribution in [0.25, 0.3) is 0 Å². The zero-order valence-corrected chi connectivity index (χ0v) is 15.5. The molecule has 0 saturated heterocycles. The summed E-state index contributed by atoms with van der Waals surface area (Å²) in [6.45, 7) is 5.22. The minimum Gasteiger partial charge on any atom is -0.344 e. The molecular formula is C19H23N3O2S. The SMILES string of the molecule is CC(=O)NC(C(=O)Nc1ccc(SCc2cccnc2)cc1)C(C)C. The summed E-state index contributed by atoms with van der Waals surface area (Å²) in [5.41, 5.74) is 1.88. The Labute approximate surface area is 152 Å². The van der Waals surface area contributed by atoms with Crippen molar-refractivity contribution in [2.45, 2.75) is 37.5 Å². The lowest BCUT2D eigenvalue weighted by Crippen LogP contribution is -2.46. The highest BCUT2D eigenvalue weighted by molar-refractivity contribution is 7.98. The molecule has 25 heavy (non-hydrogen) atoms. The fourth-order valence-electron chi connectivity index (χ4n) is 2.26. The van der Waals surface area contributed by atoms with Crippen LogP contribution in [0.3, 0.4) is 0 Å². The Morgan fingerprint density at radius 2 is 1.88 bits per heavy atom. The van der Waals surface area contributed by atoms with Gasteiger partial charge in [0.15, 0.2) is 0 Å². The number of benzene rings is 1. The number of carbonyl (C=O) groups excluding carboxylic acids is 2. The summed E-state index contributed by atoms with van der Waals surface area (Å²) < 4.78 is 0. The van der Waals surface area contributed by atoms with Crippen LogP contribution in [0, 0.1) is 5.92 Å². The van der Waals surface area contributed by atoms with Crippen molar-refractivity contribution >= 4 is 29.3 Å². The highest BCUT2D eigenvalue weighted by Crippen LogP contribution is 2.24. The van der Waals surface area contributed by atoms with Gasteiger partial charge in [-0.05, 0) is 41.8 Å². The molecule has 1 aromatic heterocycles. The molecule has 0 bridgehead atoms. The highest BCUT2D eigenvalue weighted by atomic mass is 32.2. The molecular weight excluding hydrogens is 334 g/mol. The summed E-state index contributed by atoms with van der Waals surface area (Å²) >= 11 is 1.71. The lowest BCUT2D eigenvalue weighted by molar-refractivity contribution is -0.126. The zero-order valence-electron chi connectivity index (χ0n) is 14.7. The minimum absolute atomic E-state index is 0.0122. The number of nitrogens with zero attached hydrogens (tertiary/aromatic N) is 1. The summed E-state index contributed by atoms with van der Waals surface area (Å²) in [6.07, 6.45) is 3.62. The molecule has 1 aromatic carbocycles. The van der Waals surface area contributed by atoms with Crippen LogP contribution in [0.2, 0.25) is 0 Å². The van der Waals surface area contributed by atoms with E-state index in [0.29, 0.717) is 5.69 Å². The number of hydrogen-bond acceptors (Lipinski definition) is 4. The van der Waals surface area contributed by atoms with Gasteiger partial charge in [-0.25, -0.2) is 0 Å². The summed E-state index contributed by atoms with van der Waals surface area (Å²) in [5, 5.41) is 5.54. The van der Waals surface area contributed by atoms with E-state index in [1.807, 2.05) is 56.4 Å². The van der Waals surface area contributed by atoms with E-state index in [2.05, 4.69) is 15.6 Å². The number of hydrogen-bond donors (Lipinski definition) is 2. The highest BCUT2D eigenvalue weighted by Gasteiger charge is 2.22. The summed E-state index contributed by atoms with van der Waals surface area (Å²) in [5.74, 6) is 0.437. The maximum absolute atomic E-state index is 12.3. The van der Waals surface area contributed by atoms with Gasteiger partial charge in [0.1, 0.15) is 6.04 Å². The lowest BCUT2D eigenvalue weighted by atomic mass is 10.0. The molecule has 6 heteroatoms. The number of carbonyl (C=O) groups is 2. The van der Waals surface area contributed by atoms with Gasteiger partial charge in [0.25, 0.3) is 0 Å². The van der Waals surface area contributed by atoms with Gasteiger partial charge in [-0.2, -0.15) is 0 Å². The molecule has 2 N–H and O–H groups in total. The summed E-state index contributed by atoms with van der Waals surface area (Å²) in [7, 11) is 0. The standard InChI is InChI=1S/C19H23N3O2S/c1-13(2)18(21-14(3)23)19(24)22-16-6-8-17(9-7-16)25-12-15-5-4-10-20-11-15/h4-11,13,18H,12H2,1-3H3,(H,21,23)(H,22,24). The van der Waals surface area contributed by atoms with Crippen LogP contribution in [0.1, 0.15) is 26.3 Å². The van der Waals surface area contributed by atoms with E-state index in [1.54, 1.807) is 18.0 Å². The fraction of sp³-hybridized carbons (Fsp3) is 0.316. The van der Waals surface area contributed by atoms with E-state index in [0.717, 1.165) is 10.6 Å². The predicted octanol–water partition coefficient (Wildman–Crippen LogP) is 3.47. The van der Waals surface area contributed by atoms with E-state index in [9.17, 15) is 9.59 Å². The van der Waals surface area contributed by atoms with Gasteiger partial charge >= 0.3 is 0 Å². The van der Waals surface area contributed by atoms with Gasteiger partial charge in [-0.3, -0.25) is 14.6 Å². The quantitative estimate of drug-likeness (QED) is 0.744. The Balaban J connectivity index is 1.92. The number of aromatic nitrogens is 1. The first-order valence-corrected chi connectivity index (χ1v) is 9.14. The molecule has 1 unspecified atom stereocenters. The molecule has 0 fully saturated rings. The third kappa shape index (κ3) is 6.23. The molecule has 132 valence electrons. The van der Waals surface area contributed by atoms with E-state index in [4.69, 9.17) is 0 Å². The summed E-state index contributed by atoms with van der Waals surface area (Å²) in [6, 6.07) is 11.1. The van der Waals surface area contributed by atoms with Crippen molar-refractivity contribution < 1.29 is 9.59 Å². The Bertz CT molecular complexity index is 702. The molecule has 1 heterocycles. The largest absolute Gasteiger partial charge is 0.344 e. The second kappa shape index (κ2) is 9.22. The van der Waals surface area contributed by atoms with Crippen LogP contribution in [-0.4, -0.2) is 22.8 Å². The molecule has 2 rings (SSSR count). The average molecular weight is 357 g/mol. The van der Waals surface area contributed by atoms with Gasteiger partial charge < -0.3 is 10.6 Å². The van der Waals surface area contributed by atoms with E-state index >= 15 is 0 Å². The number of rotatable bonds is 7. The van der Waals surface area contributed by atoms with Crippen molar-refractivity contribution in [2.75, 3.05) is 5.32 Å². The molecule has 1 atom stereocenters. The van der Waals surface area contributed by atoms with Gasteiger partial charge in [0.2, 0.25) is 11.8 Å². The van der Waals surface area contributed by atoms with Crippen LogP contribution in [0.5, 0.6) is 0 Å². The molecule has 0 aliphatic carbocycles. The van der Waals surface area contributed by atoms with E-state index in [-0.39, 0.29) is 17.7 Å². The predicted molar refractivity (Wildman–Crippen MR) is 101 cm³/mol. The third-order valence-corrected chi connectivity index (χ3v) is 4.64. The van der Waals surface area contributed by atoms with Crippen molar-refractivity contribution in [3.63, 3.8) is 0 Å². The fourth-order valence-corrected chi connectivity index (χ4v) is 3.09. The van der Waals surface area contributed by atoms with Gasteiger partial charge in [-0.15, -0.1) is 11.8 Å². The van der Waals surface area contributed by atoms with Crippen LogP contribution < -0.4 is 10.6 Å². The topological polar surface area (TPSA) is 71.1 Å². The average Bonchev–Trinajstić information content (AvgIpc) is 2.59. The first-order valence-electron chi connectivity index (χ1n) is 8.15.